The lowest BCUT2D eigenvalue weighted by Crippen LogP contribution is -2.59. The second kappa shape index (κ2) is 11.4. The minimum Gasteiger partial charge on any atom is -0.504 e. The van der Waals surface area contributed by atoms with E-state index >= 15 is 0 Å². The number of aliphatic hydroxyl groups excluding tert-OH is 3. The zero-order valence-electron chi connectivity index (χ0n) is 19.3. The first-order valence-electron chi connectivity index (χ1n) is 10.5. The quantitative estimate of drug-likeness (QED) is 0.301. The summed E-state index contributed by atoms with van der Waals surface area (Å²) in [5, 5.41) is 50.5. The van der Waals surface area contributed by atoms with Gasteiger partial charge in [-0.15, -0.1) is 0 Å². The van der Waals surface area contributed by atoms with Crippen molar-refractivity contribution in [3.8, 4) is 28.7 Å². The van der Waals surface area contributed by atoms with E-state index in [1.165, 1.54) is 45.6 Å². The zero-order chi connectivity index (χ0) is 25.7. The van der Waals surface area contributed by atoms with Crippen LogP contribution in [0.1, 0.15) is 15.9 Å². The van der Waals surface area contributed by atoms with Crippen LogP contribution in [0.15, 0.2) is 30.3 Å². The summed E-state index contributed by atoms with van der Waals surface area (Å²) in [6, 6.07) is 7.12. The van der Waals surface area contributed by atoms with Gasteiger partial charge in [-0.2, -0.15) is 0 Å². The van der Waals surface area contributed by atoms with Gasteiger partial charge < -0.3 is 54.0 Å². The highest BCUT2D eigenvalue weighted by Gasteiger charge is 2.45. The molecule has 2 aromatic carbocycles. The van der Waals surface area contributed by atoms with Crippen molar-refractivity contribution in [2.45, 2.75) is 37.3 Å². The molecule has 0 bridgehead atoms. The van der Waals surface area contributed by atoms with E-state index in [1.54, 1.807) is 6.07 Å². The Morgan fingerprint density at radius 2 is 1.57 bits per heavy atom. The smallest absolute Gasteiger partial charge is 0.346 e. The molecule has 1 saturated heterocycles. The second-order valence-corrected chi connectivity index (χ2v) is 7.63. The Hall–Kier alpha value is -3.29. The molecule has 5 N–H and O–H groups in total. The average molecular weight is 496 g/mol. The van der Waals surface area contributed by atoms with Crippen molar-refractivity contribution in [3.05, 3.63) is 41.5 Å². The molecule has 0 unspecified atom stereocenters. The minimum absolute atomic E-state index is 0.0642. The fraction of sp³-hybridized carbons (Fsp3) is 0.435. The number of phenols is 2. The molecule has 0 spiro atoms. The maximum absolute atomic E-state index is 12.7. The molecule has 0 aliphatic carbocycles. The normalized spacial score (nSPS) is 24.0. The van der Waals surface area contributed by atoms with Gasteiger partial charge in [-0.1, -0.05) is 6.07 Å². The molecular formula is C23H28O12. The highest BCUT2D eigenvalue weighted by atomic mass is 16.7. The highest BCUT2D eigenvalue weighted by molar-refractivity contribution is 5.96. The van der Waals surface area contributed by atoms with Gasteiger partial charge >= 0.3 is 5.97 Å². The van der Waals surface area contributed by atoms with Gasteiger partial charge in [0.2, 0.25) is 0 Å². The predicted molar refractivity (Wildman–Crippen MR) is 118 cm³/mol. The van der Waals surface area contributed by atoms with Crippen LogP contribution in [-0.4, -0.2) is 90.1 Å². The summed E-state index contributed by atoms with van der Waals surface area (Å²) in [7, 11) is 3.96. The number of esters is 1. The van der Waals surface area contributed by atoms with Crippen LogP contribution in [0.4, 0.5) is 0 Å². The Morgan fingerprint density at radius 3 is 2.23 bits per heavy atom. The Kier molecular flexibility index (Phi) is 8.59. The van der Waals surface area contributed by atoms with E-state index in [9.17, 15) is 30.3 Å². The molecule has 1 aliphatic heterocycles. The number of hydrogen-bond acceptors (Lipinski definition) is 12. The first kappa shape index (κ1) is 26.3. The van der Waals surface area contributed by atoms with Crippen LogP contribution >= 0.6 is 0 Å². The minimum atomic E-state index is -1.66. The first-order chi connectivity index (χ1) is 16.7. The van der Waals surface area contributed by atoms with Crippen molar-refractivity contribution >= 4 is 5.97 Å². The maximum atomic E-state index is 12.7. The Morgan fingerprint density at radius 1 is 0.886 bits per heavy atom. The van der Waals surface area contributed by atoms with Crippen LogP contribution < -0.4 is 14.2 Å². The molecule has 0 aromatic heterocycles. The van der Waals surface area contributed by atoms with Crippen LogP contribution in [0.3, 0.4) is 0 Å². The Labute approximate surface area is 200 Å². The molecule has 0 saturated carbocycles. The Balaban J connectivity index is 1.69. The number of hydrogen-bond donors (Lipinski definition) is 5. The number of carbonyl (C=O) groups excluding carboxylic acids is 1. The summed E-state index contributed by atoms with van der Waals surface area (Å²) in [6.07, 6.45) is -7.48. The molecule has 1 fully saturated rings. The average Bonchev–Trinajstić information content (AvgIpc) is 2.86. The topological polar surface area (TPSA) is 174 Å². The predicted octanol–water partition coefficient (Wildman–Crippen LogP) is 0.305. The van der Waals surface area contributed by atoms with E-state index in [-0.39, 0.29) is 40.9 Å². The number of rotatable bonds is 9. The molecule has 1 aliphatic rings. The lowest BCUT2D eigenvalue weighted by Gasteiger charge is -2.40. The van der Waals surface area contributed by atoms with Gasteiger partial charge in [0.25, 0.3) is 0 Å². The molecule has 35 heavy (non-hydrogen) atoms. The molecule has 12 heteroatoms. The molecule has 1 heterocycles. The van der Waals surface area contributed by atoms with Crippen LogP contribution in [0.2, 0.25) is 0 Å². The van der Waals surface area contributed by atoms with Crippen molar-refractivity contribution in [1.29, 1.82) is 0 Å². The van der Waals surface area contributed by atoms with Gasteiger partial charge in [0, 0.05) is 0 Å². The number of ether oxygens (including phenoxy) is 6. The van der Waals surface area contributed by atoms with E-state index in [0.29, 0.717) is 5.56 Å². The summed E-state index contributed by atoms with van der Waals surface area (Å²) in [5.41, 5.74) is 0.386. The Bertz CT molecular complexity index is 1030. The summed E-state index contributed by atoms with van der Waals surface area (Å²) < 4.78 is 31.6. The number of phenolic OH excluding ortho intramolecular Hbond substituents is 2. The third kappa shape index (κ3) is 5.69. The standard InChI is InChI=1S/C23H28O12/c1-30-14-7-6-13(25)21(32-3)17(14)22(29)33-10-16-18(26)19(27)20(28)23(35-16)34-9-11-4-5-12(24)15(8-11)31-2/h4-8,16,18-20,23-28H,9-10H2,1-3H3/t16-,18-,19+,20-,23-/m1/s1. The molecule has 0 radical (unpaired) electrons. The summed E-state index contributed by atoms with van der Waals surface area (Å²) >= 11 is 0. The van der Waals surface area contributed by atoms with Crippen LogP contribution in [0.5, 0.6) is 28.7 Å². The van der Waals surface area contributed by atoms with Crippen molar-refractivity contribution in [3.63, 3.8) is 0 Å². The lowest BCUT2D eigenvalue weighted by molar-refractivity contribution is -0.303. The van der Waals surface area contributed by atoms with Crippen molar-refractivity contribution < 1.29 is 58.7 Å². The number of benzene rings is 2. The van der Waals surface area contributed by atoms with Crippen molar-refractivity contribution in [2.24, 2.45) is 0 Å². The number of aliphatic hydroxyl groups is 3. The van der Waals surface area contributed by atoms with E-state index in [2.05, 4.69) is 0 Å². The van der Waals surface area contributed by atoms with Crippen LogP contribution in [0, 0.1) is 0 Å². The number of carbonyl (C=O) groups is 1. The van der Waals surface area contributed by atoms with Crippen molar-refractivity contribution in [1.82, 2.24) is 0 Å². The fourth-order valence-electron chi connectivity index (χ4n) is 3.54. The third-order valence-electron chi connectivity index (χ3n) is 5.43. The van der Waals surface area contributed by atoms with Gasteiger partial charge in [0.15, 0.2) is 29.3 Å². The molecule has 3 rings (SSSR count). The van der Waals surface area contributed by atoms with E-state index in [0.717, 1.165) is 0 Å². The molecule has 192 valence electrons. The van der Waals surface area contributed by atoms with Crippen LogP contribution in [0.25, 0.3) is 0 Å². The summed E-state index contributed by atoms with van der Waals surface area (Å²) in [5.74, 6) is -1.19. The van der Waals surface area contributed by atoms with Gasteiger partial charge in [0.1, 0.15) is 42.3 Å². The largest absolute Gasteiger partial charge is 0.504 e. The molecule has 12 nitrogen and oxygen atoms in total. The molecular weight excluding hydrogens is 468 g/mol. The van der Waals surface area contributed by atoms with Gasteiger partial charge in [-0.05, 0) is 29.8 Å². The van der Waals surface area contributed by atoms with Gasteiger partial charge in [0.05, 0.1) is 27.9 Å². The fourth-order valence-corrected chi connectivity index (χ4v) is 3.54. The number of methoxy groups -OCH3 is 3. The van der Waals surface area contributed by atoms with Crippen LogP contribution in [-0.2, 0) is 20.8 Å². The molecule has 2 aromatic rings. The monoisotopic (exact) mass is 496 g/mol. The summed E-state index contributed by atoms with van der Waals surface area (Å²) in [4.78, 5) is 12.7. The second-order valence-electron chi connectivity index (χ2n) is 7.63. The van der Waals surface area contributed by atoms with E-state index in [1.807, 2.05) is 0 Å². The molecule has 0 amide bonds. The van der Waals surface area contributed by atoms with E-state index < -0.39 is 43.3 Å². The van der Waals surface area contributed by atoms with Crippen molar-refractivity contribution in [2.75, 3.05) is 27.9 Å². The summed E-state index contributed by atoms with van der Waals surface area (Å²) in [6.45, 7) is -0.621. The third-order valence-corrected chi connectivity index (χ3v) is 5.43. The maximum Gasteiger partial charge on any atom is 0.346 e. The van der Waals surface area contributed by atoms with Gasteiger partial charge in [-0.3, -0.25) is 0 Å². The molecule has 5 atom stereocenters. The first-order valence-corrected chi connectivity index (χ1v) is 10.5. The van der Waals surface area contributed by atoms with Gasteiger partial charge in [-0.25, -0.2) is 4.79 Å². The SMILES string of the molecule is COc1cc(CO[C@@H]2O[C@H](COC(=O)c3c(OC)ccc(O)c3OC)[C@@H](O)[C@H](O)[C@H]2O)ccc1O. The van der Waals surface area contributed by atoms with E-state index in [4.69, 9.17) is 28.4 Å². The zero-order valence-corrected chi connectivity index (χ0v) is 19.3. The number of aromatic hydroxyl groups is 2. The highest BCUT2D eigenvalue weighted by Crippen LogP contribution is 2.37. The lowest BCUT2D eigenvalue weighted by atomic mass is 9.99.